The fourth-order valence-corrected chi connectivity index (χ4v) is 3.46. The summed E-state index contributed by atoms with van der Waals surface area (Å²) in [7, 11) is 1.81. The molecule has 8 heteroatoms. The number of nitrogens with zero attached hydrogens (tertiary/aromatic N) is 5. The molecule has 0 atom stereocenters. The van der Waals surface area contributed by atoms with E-state index in [0.29, 0.717) is 22.5 Å². The number of hydrogen-bond acceptors (Lipinski definition) is 3. The number of fused-ring (bicyclic) bond motifs is 1. The van der Waals surface area contributed by atoms with E-state index in [1.807, 2.05) is 49.8 Å². The number of halogens is 2. The van der Waals surface area contributed by atoms with Crippen molar-refractivity contribution in [1.29, 1.82) is 0 Å². The molecule has 0 saturated heterocycles. The van der Waals surface area contributed by atoms with Gasteiger partial charge < -0.3 is 4.98 Å². The van der Waals surface area contributed by atoms with Crippen molar-refractivity contribution in [3.05, 3.63) is 51.4 Å². The summed E-state index contributed by atoms with van der Waals surface area (Å²) in [4.78, 5) is 8.06. The Hall–Kier alpha value is -2.31. The lowest BCUT2D eigenvalue weighted by Crippen LogP contribution is -2.03. The maximum atomic E-state index is 6.37. The Morgan fingerprint density at radius 3 is 2.52 bits per heavy atom. The smallest absolute Gasteiger partial charge is 0.177 e. The van der Waals surface area contributed by atoms with Crippen LogP contribution in [0.5, 0.6) is 0 Å². The lowest BCUT2D eigenvalue weighted by atomic mass is 10.2. The summed E-state index contributed by atoms with van der Waals surface area (Å²) >= 11 is 12.7. The molecule has 25 heavy (non-hydrogen) atoms. The van der Waals surface area contributed by atoms with Crippen LogP contribution < -0.4 is 0 Å². The monoisotopic (exact) mass is 374 g/mol. The average Bonchev–Trinajstić information content (AvgIpc) is 3.18. The van der Waals surface area contributed by atoms with E-state index in [1.165, 1.54) is 0 Å². The van der Waals surface area contributed by atoms with Crippen molar-refractivity contribution in [1.82, 2.24) is 29.5 Å². The first-order valence-electron chi connectivity index (χ1n) is 7.81. The van der Waals surface area contributed by atoms with Crippen LogP contribution in [0.3, 0.4) is 0 Å². The lowest BCUT2D eigenvalue weighted by molar-refractivity contribution is 0.696. The van der Waals surface area contributed by atoms with Gasteiger partial charge in [-0.3, -0.25) is 4.68 Å². The zero-order chi connectivity index (χ0) is 17.7. The van der Waals surface area contributed by atoms with Crippen LogP contribution in [-0.4, -0.2) is 29.5 Å². The first-order chi connectivity index (χ1) is 12.0. The predicted molar refractivity (Wildman–Crippen MR) is 99.1 cm³/mol. The van der Waals surface area contributed by atoms with Crippen LogP contribution in [-0.2, 0) is 13.6 Å². The molecule has 4 rings (SSSR count). The Morgan fingerprint density at radius 2 is 1.84 bits per heavy atom. The van der Waals surface area contributed by atoms with Gasteiger partial charge in [0.1, 0.15) is 16.5 Å². The van der Waals surface area contributed by atoms with Crippen LogP contribution in [0.25, 0.3) is 22.6 Å². The van der Waals surface area contributed by atoms with E-state index in [0.717, 1.165) is 33.7 Å². The molecule has 1 aromatic carbocycles. The first kappa shape index (κ1) is 16.2. The molecule has 3 heterocycles. The summed E-state index contributed by atoms with van der Waals surface area (Å²) in [6.45, 7) is 4.41. The maximum Gasteiger partial charge on any atom is 0.177 e. The highest BCUT2D eigenvalue weighted by atomic mass is 35.5. The van der Waals surface area contributed by atoms with Crippen molar-refractivity contribution in [2.75, 3.05) is 0 Å². The second-order valence-corrected chi connectivity index (χ2v) is 6.76. The van der Waals surface area contributed by atoms with E-state index in [4.69, 9.17) is 28.2 Å². The average molecular weight is 375 g/mol. The molecule has 0 radical (unpaired) electrons. The molecule has 0 spiro atoms. The highest BCUT2D eigenvalue weighted by Crippen LogP contribution is 2.31. The number of aryl methyl sites for hydroxylation is 3. The molecule has 0 amide bonds. The minimum Gasteiger partial charge on any atom is -0.335 e. The second-order valence-electron chi connectivity index (χ2n) is 5.99. The molecular formula is C17H16Cl2N6. The number of imidazole rings is 1. The van der Waals surface area contributed by atoms with Gasteiger partial charge in [0, 0.05) is 12.1 Å². The molecule has 6 nitrogen and oxygen atoms in total. The SMILES string of the molecule is Cc1nn(C)c(Cl)c1-c1nc2c([nH]1)c(C)nn2Cc1ccccc1Cl. The zero-order valence-electron chi connectivity index (χ0n) is 14.0. The highest BCUT2D eigenvalue weighted by Gasteiger charge is 2.20. The number of nitrogens with one attached hydrogen (secondary N) is 1. The van der Waals surface area contributed by atoms with E-state index in [-0.39, 0.29) is 0 Å². The van der Waals surface area contributed by atoms with Crippen molar-refractivity contribution in [2.24, 2.45) is 7.05 Å². The molecule has 0 unspecified atom stereocenters. The number of benzene rings is 1. The molecule has 0 aliphatic heterocycles. The van der Waals surface area contributed by atoms with Crippen molar-refractivity contribution >= 4 is 34.4 Å². The van der Waals surface area contributed by atoms with Gasteiger partial charge in [-0.1, -0.05) is 41.4 Å². The quantitative estimate of drug-likeness (QED) is 0.586. The molecule has 4 aromatic rings. The fourth-order valence-electron chi connectivity index (χ4n) is 3.00. The maximum absolute atomic E-state index is 6.37. The molecular weight excluding hydrogens is 359 g/mol. The van der Waals surface area contributed by atoms with Gasteiger partial charge in [0.15, 0.2) is 5.65 Å². The Morgan fingerprint density at radius 1 is 1.08 bits per heavy atom. The molecule has 1 N–H and O–H groups in total. The standard InChI is InChI=1S/C17H16Cl2N6/c1-9-13(15(19)24(3)22-9)16-20-14-10(2)23-25(17(14)21-16)8-11-6-4-5-7-12(11)18/h4-7H,8H2,1-3H3,(H,20,21). The molecule has 128 valence electrons. The van der Waals surface area contributed by atoms with Crippen molar-refractivity contribution in [3.8, 4) is 11.4 Å². The Bertz CT molecular complexity index is 1090. The number of rotatable bonds is 3. The first-order valence-corrected chi connectivity index (χ1v) is 8.57. The molecule has 0 saturated carbocycles. The van der Waals surface area contributed by atoms with Crippen LogP contribution in [0.2, 0.25) is 10.2 Å². The largest absolute Gasteiger partial charge is 0.335 e. The summed E-state index contributed by atoms with van der Waals surface area (Å²) < 4.78 is 3.49. The second kappa shape index (κ2) is 5.89. The van der Waals surface area contributed by atoms with E-state index in [9.17, 15) is 0 Å². The van der Waals surface area contributed by atoms with Crippen LogP contribution in [0.4, 0.5) is 0 Å². The number of H-pyrrole nitrogens is 1. The molecule has 0 fully saturated rings. The lowest BCUT2D eigenvalue weighted by Gasteiger charge is -2.04. The van der Waals surface area contributed by atoms with Crippen molar-refractivity contribution in [2.45, 2.75) is 20.4 Å². The van der Waals surface area contributed by atoms with E-state index in [2.05, 4.69) is 15.2 Å². The van der Waals surface area contributed by atoms with E-state index >= 15 is 0 Å². The van der Waals surface area contributed by atoms with Crippen LogP contribution >= 0.6 is 23.2 Å². The Balaban J connectivity index is 1.83. The topological polar surface area (TPSA) is 64.3 Å². The summed E-state index contributed by atoms with van der Waals surface area (Å²) in [5.41, 5.74) is 5.16. The minimum atomic E-state index is 0.550. The third-order valence-electron chi connectivity index (χ3n) is 4.23. The number of aromatic amines is 1. The van der Waals surface area contributed by atoms with Crippen LogP contribution in [0.15, 0.2) is 24.3 Å². The van der Waals surface area contributed by atoms with Gasteiger partial charge in [0.25, 0.3) is 0 Å². The van der Waals surface area contributed by atoms with Gasteiger partial charge in [-0.15, -0.1) is 0 Å². The van der Waals surface area contributed by atoms with Crippen molar-refractivity contribution in [3.63, 3.8) is 0 Å². The van der Waals surface area contributed by atoms with Gasteiger partial charge in [-0.25, -0.2) is 9.67 Å². The zero-order valence-corrected chi connectivity index (χ0v) is 15.5. The van der Waals surface area contributed by atoms with Crippen LogP contribution in [0.1, 0.15) is 17.0 Å². The van der Waals surface area contributed by atoms with Crippen molar-refractivity contribution < 1.29 is 0 Å². The molecule has 0 bridgehead atoms. The Labute approximate surface area is 154 Å². The molecule has 0 aliphatic carbocycles. The summed E-state index contributed by atoms with van der Waals surface area (Å²) in [5, 5.41) is 10.2. The van der Waals surface area contributed by atoms with Gasteiger partial charge in [-0.05, 0) is 25.5 Å². The summed E-state index contributed by atoms with van der Waals surface area (Å²) in [5.74, 6) is 0.694. The predicted octanol–water partition coefficient (Wildman–Crippen LogP) is 4.13. The van der Waals surface area contributed by atoms with Gasteiger partial charge >= 0.3 is 0 Å². The van der Waals surface area contributed by atoms with E-state index < -0.39 is 0 Å². The van der Waals surface area contributed by atoms with Gasteiger partial charge in [0.05, 0.1) is 23.5 Å². The number of hydrogen-bond donors (Lipinski definition) is 1. The summed E-state index contributed by atoms with van der Waals surface area (Å²) in [6.07, 6.45) is 0. The third-order valence-corrected chi connectivity index (χ3v) is 5.03. The van der Waals surface area contributed by atoms with E-state index in [1.54, 1.807) is 4.68 Å². The fraction of sp³-hybridized carbons (Fsp3) is 0.235. The van der Waals surface area contributed by atoms with Gasteiger partial charge in [0.2, 0.25) is 0 Å². The normalized spacial score (nSPS) is 11.6. The summed E-state index contributed by atoms with van der Waals surface area (Å²) in [6, 6.07) is 7.74. The number of aromatic nitrogens is 6. The minimum absolute atomic E-state index is 0.550. The highest BCUT2D eigenvalue weighted by molar-refractivity contribution is 6.32. The molecule has 3 aromatic heterocycles. The third kappa shape index (κ3) is 2.62. The molecule has 0 aliphatic rings. The van der Waals surface area contributed by atoms with Crippen LogP contribution in [0, 0.1) is 13.8 Å². The Kier molecular flexibility index (Phi) is 3.81. The van der Waals surface area contributed by atoms with Gasteiger partial charge in [-0.2, -0.15) is 10.2 Å².